The van der Waals surface area contributed by atoms with Gasteiger partial charge in [-0.2, -0.15) is 0 Å². The Labute approximate surface area is 171 Å². The first-order valence-electron chi connectivity index (χ1n) is 5.39. The largest absolute Gasteiger partial charge is 1.00 e. The zero-order chi connectivity index (χ0) is 15.6. The van der Waals surface area contributed by atoms with Crippen LogP contribution in [0.25, 0.3) is 11.3 Å². The molecule has 2 rings (SSSR count). The summed E-state index contributed by atoms with van der Waals surface area (Å²) in [7, 11) is 0. The van der Waals surface area contributed by atoms with Crippen LogP contribution in [0.1, 0.15) is 11.9 Å². The molecule has 5 nitrogen and oxygen atoms in total. The van der Waals surface area contributed by atoms with E-state index in [1.54, 1.807) is 0 Å². The van der Waals surface area contributed by atoms with Crippen LogP contribution in [0.5, 0.6) is 5.75 Å². The average molecular weight is 359 g/mol. The molecular formula is C12H7ClF3KN2O3. The Morgan fingerprint density at radius 2 is 1.82 bits per heavy atom. The average Bonchev–Trinajstić information content (AvgIpc) is 2.37. The predicted octanol–water partition coefficient (Wildman–Crippen LogP) is 0.510. The van der Waals surface area contributed by atoms with Crippen molar-refractivity contribution in [2.45, 2.75) is 6.36 Å². The van der Waals surface area contributed by atoms with Crippen molar-refractivity contribution in [3.63, 3.8) is 0 Å². The number of halogens is 4. The van der Waals surface area contributed by atoms with Crippen molar-refractivity contribution in [3.8, 4) is 17.0 Å². The van der Waals surface area contributed by atoms with E-state index < -0.39 is 18.1 Å². The number of aromatic carboxylic acids is 1. The van der Waals surface area contributed by atoms with Crippen LogP contribution in [0, 0.1) is 0 Å². The second-order valence-corrected chi connectivity index (χ2v) is 4.12. The summed E-state index contributed by atoms with van der Waals surface area (Å²) in [5, 5.41) is 8.58. The Morgan fingerprint density at radius 3 is 2.32 bits per heavy atom. The minimum atomic E-state index is -4.78. The summed E-state index contributed by atoms with van der Waals surface area (Å²) < 4.78 is 39.8. The number of carboxylic acid groups (broad SMARTS) is 1. The minimum Gasteiger partial charge on any atom is -1.00 e. The molecule has 1 heterocycles. The van der Waals surface area contributed by atoms with E-state index in [1.807, 2.05) is 0 Å². The minimum absolute atomic E-state index is 0. The van der Waals surface area contributed by atoms with Crippen molar-refractivity contribution in [2.75, 3.05) is 0 Å². The number of benzene rings is 1. The zero-order valence-corrected chi connectivity index (χ0v) is 14.9. The van der Waals surface area contributed by atoms with Gasteiger partial charge in [0.1, 0.15) is 5.75 Å². The predicted molar refractivity (Wildman–Crippen MR) is 67.2 cm³/mol. The van der Waals surface area contributed by atoms with Gasteiger partial charge >= 0.3 is 63.7 Å². The van der Waals surface area contributed by atoms with E-state index in [0.29, 0.717) is 5.56 Å². The summed E-state index contributed by atoms with van der Waals surface area (Å²) in [6.45, 7) is 0. The fourth-order valence-corrected chi connectivity index (χ4v) is 1.68. The van der Waals surface area contributed by atoms with E-state index in [0.717, 1.165) is 18.2 Å². The van der Waals surface area contributed by atoms with E-state index in [4.69, 9.17) is 16.7 Å². The molecule has 10 heteroatoms. The van der Waals surface area contributed by atoms with Gasteiger partial charge in [0.2, 0.25) is 5.28 Å². The molecule has 0 aliphatic rings. The van der Waals surface area contributed by atoms with Crippen LogP contribution in [0.3, 0.4) is 0 Å². The van der Waals surface area contributed by atoms with E-state index in [1.165, 1.54) is 12.1 Å². The van der Waals surface area contributed by atoms with Gasteiger partial charge in [-0.3, -0.25) is 0 Å². The molecule has 0 aliphatic carbocycles. The first-order chi connectivity index (χ1) is 9.74. The number of ether oxygens (including phenoxy) is 1. The van der Waals surface area contributed by atoms with Crippen molar-refractivity contribution >= 4 is 17.6 Å². The number of rotatable bonds is 3. The Morgan fingerprint density at radius 1 is 1.23 bits per heavy atom. The summed E-state index contributed by atoms with van der Waals surface area (Å²) in [6.07, 6.45) is -4.78. The van der Waals surface area contributed by atoms with Gasteiger partial charge < -0.3 is 11.3 Å². The fourth-order valence-electron chi connectivity index (χ4n) is 1.50. The monoisotopic (exact) mass is 358 g/mol. The molecule has 0 saturated heterocycles. The van der Waals surface area contributed by atoms with E-state index in [9.17, 15) is 18.0 Å². The van der Waals surface area contributed by atoms with Crippen LogP contribution in [-0.4, -0.2) is 27.4 Å². The molecule has 1 N–H and O–H groups in total. The third-order valence-corrected chi connectivity index (χ3v) is 2.47. The molecule has 0 amide bonds. The molecule has 0 aliphatic heterocycles. The van der Waals surface area contributed by atoms with Gasteiger partial charge in [0, 0.05) is 5.56 Å². The molecule has 0 bridgehead atoms. The van der Waals surface area contributed by atoms with Crippen LogP contribution in [0.2, 0.25) is 5.28 Å². The van der Waals surface area contributed by atoms with Crippen LogP contribution >= 0.6 is 11.6 Å². The standard InChI is InChI=1S/C12H6ClF3N2O3.K.H/c13-11-17-8(5-9(18-11)10(19)20)6-1-3-7(4-2-6)21-12(14,15)16;;/h1-5H,(H,19,20);;/q;+1;-1. The number of hydrogen-bond donors (Lipinski definition) is 1. The first-order valence-corrected chi connectivity index (χ1v) is 5.76. The fraction of sp³-hybridized carbons (Fsp3) is 0.0833. The summed E-state index contributed by atoms with van der Waals surface area (Å²) >= 11 is 5.60. The summed E-state index contributed by atoms with van der Waals surface area (Å²) in [4.78, 5) is 18.2. The Bertz CT molecular complexity index is 686. The van der Waals surface area contributed by atoms with E-state index >= 15 is 0 Å². The zero-order valence-electron chi connectivity index (χ0n) is 12.1. The van der Waals surface area contributed by atoms with Crippen molar-refractivity contribution in [1.82, 2.24) is 9.97 Å². The summed E-state index contributed by atoms with van der Waals surface area (Å²) in [5.41, 5.74) is 0.225. The molecule has 0 atom stereocenters. The van der Waals surface area contributed by atoms with Gasteiger partial charge in [0.05, 0.1) is 5.69 Å². The second-order valence-electron chi connectivity index (χ2n) is 3.78. The van der Waals surface area contributed by atoms with Gasteiger partial charge in [-0.15, -0.1) is 13.2 Å². The van der Waals surface area contributed by atoms with Gasteiger partial charge in [-0.25, -0.2) is 14.8 Å². The molecule has 0 spiro atoms. The molecule has 1 aromatic carbocycles. The molecule has 1 aromatic heterocycles. The van der Waals surface area contributed by atoms with Gasteiger partial charge in [0.15, 0.2) is 5.69 Å². The molecule has 0 saturated carbocycles. The number of carbonyl (C=O) groups is 1. The molecule has 0 unspecified atom stereocenters. The van der Waals surface area contributed by atoms with Crippen LogP contribution in [0.4, 0.5) is 13.2 Å². The smallest absolute Gasteiger partial charge is 1.00 e. The number of carboxylic acids is 1. The van der Waals surface area contributed by atoms with Crippen LogP contribution in [0.15, 0.2) is 30.3 Å². The topological polar surface area (TPSA) is 72.3 Å². The summed E-state index contributed by atoms with van der Waals surface area (Å²) in [5.74, 6) is -1.69. The quantitative estimate of drug-likeness (QED) is 0.639. The van der Waals surface area contributed by atoms with Crippen molar-refractivity contribution in [1.29, 1.82) is 0 Å². The SMILES string of the molecule is O=C(O)c1cc(-c2ccc(OC(F)(F)F)cc2)nc(Cl)n1.[H-].[K+]. The Hall–Kier alpha value is -0.714. The molecule has 112 valence electrons. The van der Waals surface area contributed by atoms with Crippen molar-refractivity contribution in [2.24, 2.45) is 0 Å². The maximum absolute atomic E-state index is 12.0. The third-order valence-electron chi connectivity index (χ3n) is 2.30. The number of nitrogens with zero attached hydrogens (tertiary/aromatic N) is 2. The number of aromatic nitrogens is 2. The first kappa shape index (κ1) is 19.3. The summed E-state index contributed by atoms with van der Waals surface area (Å²) in [6, 6.07) is 5.92. The second kappa shape index (κ2) is 7.71. The number of alkyl halides is 3. The third kappa shape index (κ3) is 5.49. The Balaban J connectivity index is 0.00000242. The van der Waals surface area contributed by atoms with Crippen LogP contribution < -0.4 is 56.1 Å². The van der Waals surface area contributed by atoms with Crippen molar-refractivity contribution < 1.29 is 80.6 Å². The molecule has 2 aromatic rings. The van der Waals surface area contributed by atoms with Crippen LogP contribution in [-0.2, 0) is 0 Å². The molecule has 0 radical (unpaired) electrons. The molecule has 0 fully saturated rings. The normalized spacial score (nSPS) is 10.7. The van der Waals surface area contributed by atoms with E-state index in [-0.39, 0.29) is 69.5 Å². The van der Waals surface area contributed by atoms with Gasteiger partial charge in [-0.05, 0) is 41.9 Å². The van der Waals surface area contributed by atoms with Gasteiger partial charge in [0.25, 0.3) is 0 Å². The van der Waals surface area contributed by atoms with Gasteiger partial charge in [-0.1, -0.05) is 0 Å². The molecular weight excluding hydrogens is 352 g/mol. The van der Waals surface area contributed by atoms with Crippen molar-refractivity contribution in [3.05, 3.63) is 41.3 Å². The molecule has 22 heavy (non-hydrogen) atoms. The van der Waals surface area contributed by atoms with E-state index in [2.05, 4.69) is 14.7 Å². The number of hydrogen-bond acceptors (Lipinski definition) is 4. The maximum Gasteiger partial charge on any atom is 1.00 e. The maximum atomic E-state index is 12.0. The Kier molecular flexibility index (Phi) is 6.77.